The van der Waals surface area contributed by atoms with Crippen LogP contribution in [0.4, 0.5) is 0 Å². The van der Waals surface area contributed by atoms with Crippen LogP contribution in [0.5, 0.6) is 0 Å². The Morgan fingerprint density at radius 2 is 2.05 bits per heavy atom. The van der Waals surface area contributed by atoms with Crippen LogP contribution in [0.2, 0.25) is 0 Å². The standard InChI is InChI=1S/C16H27N3O/c1-12(14-8-5-9-17-11-14)10-15-18-16(19-20-15)13-6-3-2-4-7-13/h12-14,17H,2-11H2,1H3. The highest BCUT2D eigenvalue weighted by Crippen LogP contribution is 2.31. The van der Waals surface area contributed by atoms with E-state index >= 15 is 0 Å². The molecule has 4 heteroatoms. The molecule has 2 atom stereocenters. The van der Waals surface area contributed by atoms with E-state index in [1.165, 1.54) is 51.5 Å². The van der Waals surface area contributed by atoms with Gasteiger partial charge in [0.25, 0.3) is 0 Å². The fraction of sp³-hybridized carbons (Fsp3) is 0.875. The molecule has 1 saturated carbocycles. The third kappa shape index (κ3) is 3.40. The number of nitrogens with one attached hydrogen (secondary N) is 1. The summed E-state index contributed by atoms with van der Waals surface area (Å²) in [6.45, 7) is 4.64. The molecule has 2 aliphatic rings. The van der Waals surface area contributed by atoms with Gasteiger partial charge in [0.1, 0.15) is 0 Å². The molecule has 0 spiro atoms. The number of hydrogen-bond donors (Lipinski definition) is 1. The van der Waals surface area contributed by atoms with Crippen LogP contribution < -0.4 is 5.32 Å². The first kappa shape index (κ1) is 14.1. The molecule has 4 nitrogen and oxygen atoms in total. The zero-order valence-electron chi connectivity index (χ0n) is 12.6. The largest absolute Gasteiger partial charge is 0.339 e. The summed E-state index contributed by atoms with van der Waals surface area (Å²) in [5, 5.41) is 7.73. The van der Waals surface area contributed by atoms with Gasteiger partial charge >= 0.3 is 0 Å². The summed E-state index contributed by atoms with van der Waals surface area (Å²) >= 11 is 0. The molecule has 2 unspecified atom stereocenters. The number of piperidine rings is 1. The Labute approximate surface area is 121 Å². The Morgan fingerprint density at radius 3 is 2.80 bits per heavy atom. The predicted octanol–water partition coefficient (Wildman–Crippen LogP) is 3.30. The van der Waals surface area contributed by atoms with Crippen molar-refractivity contribution in [1.82, 2.24) is 15.5 Å². The lowest BCUT2D eigenvalue weighted by Gasteiger charge is -2.27. The molecule has 2 heterocycles. The van der Waals surface area contributed by atoms with E-state index < -0.39 is 0 Å². The second-order valence-corrected chi connectivity index (χ2v) is 6.67. The monoisotopic (exact) mass is 277 g/mol. The molecule has 0 radical (unpaired) electrons. The molecule has 1 aliphatic heterocycles. The first-order valence-electron chi connectivity index (χ1n) is 8.36. The number of aromatic nitrogens is 2. The lowest BCUT2D eigenvalue weighted by molar-refractivity contribution is 0.256. The number of nitrogens with zero attached hydrogens (tertiary/aromatic N) is 2. The lowest BCUT2D eigenvalue weighted by Crippen LogP contribution is -2.33. The van der Waals surface area contributed by atoms with Gasteiger partial charge in [-0.05, 0) is 50.6 Å². The van der Waals surface area contributed by atoms with E-state index in [1.807, 2.05) is 0 Å². The van der Waals surface area contributed by atoms with Gasteiger partial charge in [-0.3, -0.25) is 0 Å². The summed E-state index contributed by atoms with van der Waals surface area (Å²) in [5.74, 6) is 3.75. The maximum absolute atomic E-state index is 5.50. The molecule has 0 aromatic carbocycles. The molecule has 0 bridgehead atoms. The van der Waals surface area contributed by atoms with E-state index in [4.69, 9.17) is 4.52 Å². The van der Waals surface area contributed by atoms with E-state index in [1.54, 1.807) is 0 Å². The average Bonchev–Trinajstić information content (AvgIpc) is 2.97. The van der Waals surface area contributed by atoms with Gasteiger partial charge in [0.05, 0.1) is 0 Å². The molecule has 1 aromatic rings. The minimum Gasteiger partial charge on any atom is -0.339 e. The van der Waals surface area contributed by atoms with E-state index in [0.29, 0.717) is 11.8 Å². The first-order valence-corrected chi connectivity index (χ1v) is 8.36. The predicted molar refractivity (Wildman–Crippen MR) is 78.6 cm³/mol. The van der Waals surface area contributed by atoms with E-state index in [2.05, 4.69) is 22.4 Å². The van der Waals surface area contributed by atoms with Gasteiger partial charge in [0, 0.05) is 12.3 Å². The highest BCUT2D eigenvalue weighted by Gasteiger charge is 2.24. The molecular formula is C16H27N3O. The van der Waals surface area contributed by atoms with Crippen LogP contribution in [-0.4, -0.2) is 23.2 Å². The van der Waals surface area contributed by atoms with Crippen LogP contribution in [0.1, 0.15) is 69.5 Å². The zero-order valence-corrected chi connectivity index (χ0v) is 12.6. The lowest BCUT2D eigenvalue weighted by atomic mass is 9.85. The SMILES string of the molecule is CC(Cc1nc(C2CCCCC2)no1)C1CCCNC1. The molecule has 1 N–H and O–H groups in total. The van der Waals surface area contributed by atoms with Crippen LogP contribution in [0.3, 0.4) is 0 Å². The number of rotatable bonds is 4. The van der Waals surface area contributed by atoms with Crippen molar-refractivity contribution >= 4 is 0 Å². The van der Waals surface area contributed by atoms with Crippen LogP contribution >= 0.6 is 0 Å². The van der Waals surface area contributed by atoms with Crippen LogP contribution in [0, 0.1) is 11.8 Å². The van der Waals surface area contributed by atoms with Crippen LogP contribution in [0.25, 0.3) is 0 Å². The summed E-state index contributed by atoms with van der Waals surface area (Å²) in [4.78, 5) is 4.67. The molecule has 0 amide bonds. The van der Waals surface area contributed by atoms with Crippen molar-refractivity contribution in [2.75, 3.05) is 13.1 Å². The second kappa shape index (κ2) is 6.70. The van der Waals surface area contributed by atoms with Crippen LogP contribution in [-0.2, 0) is 6.42 Å². The molecule has 1 aliphatic carbocycles. The molecule has 20 heavy (non-hydrogen) atoms. The Hall–Kier alpha value is -0.900. The van der Waals surface area contributed by atoms with Gasteiger partial charge in [0.2, 0.25) is 5.89 Å². The summed E-state index contributed by atoms with van der Waals surface area (Å²) in [6, 6.07) is 0. The second-order valence-electron chi connectivity index (χ2n) is 6.67. The summed E-state index contributed by atoms with van der Waals surface area (Å²) in [5.41, 5.74) is 0. The summed E-state index contributed by atoms with van der Waals surface area (Å²) < 4.78 is 5.50. The van der Waals surface area contributed by atoms with Gasteiger partial charge < -0.3 is 9.84 Å². The van der Waals surface area contributed by atoms with E-state index in [9.17, 15) is 0 Å². The zero-order chi connectivity index (χ0) is 13.8. The average molecular weight is 277 g/mol. The molecule has 3 rings (SSSR count). The molecule has 2 fully saturated rings. The number of hydrogen-bond acceptors (Lipinski definition) is 4. The highest BCUT2D eigenvalue weighted by atomic mass is 16.5. The Balaban J connectivity index is 1.56. The van der Waals surface area contributed by atoms with Crippen molar-refractivity contribution in [2.24, 2.45) is 11.8 Å². The fourth-order valence-electron chi connectivity index (χ4n) is 3.68. The smallest absolute Gasteiger partial charge is 0.226 e. The quantitative estimate of drug-likeness (QED) is 0.917. The van der Waals surface area contributed by atoms with E-state index in [-0.39, 0.29) is 0 Å². The van der Waals surface area contributed by atoms with Gasteiger partial charge in [-0.15, -0.1) is 0 Å². The van der Waals surface area contributed by atoms with Crippen LogP contribution in [0.15, 0.2) is 4.52 Å². The summed E-state index contributed by atoms with van der Waals surface area (Å²) in [7, 11) is 0. The maximum Gasteiger partial charge on any atom is 0.226 e. The normalized spacial score (nSPS) is 26.6. The Bertz CT molecular complexity index is 406. The van der Waals surface area contributed by atoms with Crippen molar-refractivity contribution in [1.29, 1.82) is 0 Å². The van der Waals surface area contributed by atoms with Crippen molar-refractivity contribution in [3.05, 3.63) is 11.7 Å². The highest BCUT2D eigenvalue weighted by molar-refractivity contribution is 4.97. The molecular weight excluding hydrogens is 250 g/mol. The first-order chi connectivity index (χ1) is 9.83. The van der Waals surface area contributed by atoms with Gasteiger partial charge in [-0.25, -0.2) is 0 Å². The topological polar surface area (TPSA) is 51.0 Å². The Kier molecular flexibility index (Phi) is 4.71. The van der Waals surface area contributed by atoms with Gasteiger partial charge in [0.15, 0.2) is 5.82 Å². The van der Waals surface area contributed by atoms with E-state index in [0.717, 1.165) is 30.6 Å². The minimum atomic E-state index is 0.549. The third-order valence-corrected chi connectivity index (χ3v) is 5.09. The van der Waals surface area contributed by atoms with Gasteiger partial charge in [-0.1, -0.05) is 31.3 Å². The molecule has 1 saturated heterocycles. The minimum absolute atomic E-state index is 0.549. The van der Waals surface area contributed by atoms with Crippen molar-refractivity contribution in [3.63, 3.8) is 0 Å². The molecule has 112 valence electrons. The third-order valence-electron chi connectivity index (χ3n) is 5.09. The van der Waals surface area contributed by atoms with Crippen molar-refractivity contribution in [3.8, 4) is 0 Å². The van der Waals surface area contributed by atoms with Crippen molar-refractivity contribution < 1.29 is 4.52 Å². The fourth-order valence-corrected chi connectivity index (χ4v) is 3.68. The Morgan fingerprint density at radius 1 is 1.20 bits per heavy atom. The van der Waals surface area contributed by atoms with Gasteiger partial charge in [-0.2, -0.15) is 4.98 Å². The van der Waals surface area contributed by atoms with Crippen molar-refractivity contribution in [2.45, 2.75) is 64.2 Å². The summed E-state index contributed by atoms with van der Waals surface area (Å²) in [6.07, 6.45) is 10.0. The molecule has 1 aromatic heterocycles. The maximum atomic E-state index is 5.50.